The van der Waals surface area contributed by atoms with Gasteiger partial charge in [-0.3, -0.25) is 9.69 Å². The number of hydrogen-bond donors (Lipinski definition) is 1. The van der Waals surface area contributed by atoms with Gasteiger partial charge >= 0.3 is 0 Å². The highest BCUT2D eigenvalue weighted by Gasteiger charge is 2.36. The number of ether oxygens (including phenoxy) is 2. The minimum absolute atomic E-state index is 0.0714. The maximum Gasteiger partial charge on any atom is 0.283 e. The quantitative estimate of drug-likeness (QED) is 0.468. The zero-order valence-electron chi connectivity index (χ0n) is 22.7. The molecule has 11 heteroatoms. The molecule has 0 radical (unpaired) electrons. The number of aryl methyl sites for hydroxylation is 2. The van der Waals surface area contributed by atoms with Crippen molar-refractivity contribution in [2.45, 2.75) is 63.5 Å². The van der Waals surface area contributed by atoms with Crippen LogP contribution in [-0.4, -0.2) is 67.5 Å². The van der Waals surface area contributed by atoms with Crippen LogP contribution in [0.15, 0.2) is 41.4 Å². The van der Waals surface area contributed by atoms with Crippen molar-refractivity contribution in [2.75, 3.05) is 26.3 Å². The number of alkyl halides is 1. The van der Waals surface area contributed by atoms with Gasteiger partial charge < -0.3 is 9.47 Å². The third-order valence-electron chi connectivity index (χ3n) is 8.03. The Bertz CT molecular complexity index is 1560. The van der Waals surface area contributed by atoms with Crippen LogP contribution < -0.4 is 9.46 Å². The second-order valence-corrected chi connectivity index (χ2v) is 12.4. The first-order valence-corrected chi connectivity index (χ1v) is 15.1. The second kappa shape index (κ2) is 10.6. The zero-order valence-corrected chi connectivity index (χ0v) is 23.5. The van der Waals surface area contributed by atoms with Gasteiger partial charge in [-0.05, 0) is 64.8 Å². The fraction of sp³-hybridized carbons (Fsp3) is 0.448. The van der Waals surface area contributed by atoms with Gasteiger partial charge in [-0.25, -0.2) is 13.8 Å². The molecule has 2 aromatic carbocycles. The van der Waals surface area contributed by atoms with Gasteiger partial charge in [0.25, 0.3) is 10.0 Å². The number of aromatic nitrogens is 2. The Labute approximate surface area is 233 Å². The molecule has 0 unspecified atom stereocenters. The van der Waals surface area contributed by atoms with Gasteiger partial charge in [-0.15, -0.1) is 0 Å². The summed E-state index contributed by atoms with van der Waals surface area (Å²) in [4.78, 5) is 14.9. The molecule has 9 nitrogen and oxygen atoms in total. The summed E-state index contributed by atoms with van der Waals surface area (Å²) in [5, 5.41) is 3.90. The van der Waals surface area contributed by atoms with Crippen molar-refractivity contribution >= 4 is 15.9 Å². The SMILES string of the molecule is CCc1cc(-c2ccc3c(c2)COCC3)cc(C)c1CC(=O)NS(=O)(=O)c1cc2n(n1)C[C@@H](N1CC(F)C1)CO2. The number of likely N-dealkylation sites (tertiary alicyclic amines) is 1. The van der Waals surface area contributed by atoms with Crippen LogP contribution in [0.4, 0.5) is 4.39 Å². The maximum atomic E-state index is 13.3. The molecule has 1 atom stereocenters. The Hall–Kier alpha value is -3.28. The Morgan fingerprint density at radius 3 is 2.73 bits per heavy atom. The molecule has 0 spiro atoms. The molecule has 3 aromatic rings. The number of amides is 1. The lowest BCUT2D eigenvalue weighted by Gasteiger charge is -2.41. The number of halogens is 1. The molecule has 212 valence electrons. The largest absolute Gasteiger partial charge is 0.476 e. The standard InChI is InChI=1S/C29H33FN4O5S/c1-3-19-9-22(21-5-4-20-6-7-38-16-23(20)10-21)8-18(2)26(19)11-27(35)32-40(36,37)28-12-29-34(31-28)15-25(17-39-29)33-13-24(30)14-33/h4-5,8-10,12,24-25H,3,6-7,11,13-17H2,1-2H3,(H,32,35)/t25-/m1/s1. The van der Waals surface area contributed by atoms with E-state index in [9.17, 15) is 17.6 Å². The Morgan fingerprint density at radius 2 is 1.95 bits per heavy atom. The summed E-state index contributed by atoms with van der Waals surface area (Å²) in [6.45, 7) is 6.74. The van der Waals surface area contributed by atoms with Crippen molar-refractivity contribution in [3.63, 3.8) is 0 Å². The van der Waals surface area contributed by atoms with E-state index in [4.69, 9.17) is 9.47 Å². The first-order valence-electron chi connectivity index (χ1n) is 13.7. The van der Waals surface area contributed by atoms with Gasteiger partial charge in [-0.1, -0.05) is 31.2 Å². The van der Waals surface area contributed by atoms with E-state index in [0.717, 1.165) is 40.8 Å². The summed E-state index contributed by atoms with van der Waals surface area (Å²) >= 11 is 0. The molecule has 1 saturated heterocycles. The number of hydrogen-bond acceptors (Lipinski definition) is 7. The normalized spacial score (nSPS) is 19.3. The van der Waals surface area contributed by atoms with Crippen molar-refractivity contribution in [3.8, 4) is 17.0 Å². The second-order valence-electron chi connectivity index (χ2n) is 10.8. The van der Waals surface area contributed by atoms with Crippen molar-refractivity contribution in [1.29, 1.82) is 0 Å². The first-order chi connectivity index (χ1) is 19.2. The van der Waals surface area contributed by atoms with Crippen LogP contribution in [0.25, 0.3) is 11.1 Å². The number of nitrogens with one attached hydrogen (secondary N) is 1. The fourth-order valence-corrected chi connectivity index (χ4v) is 6.67. The molecule has 6 rings (SSSR count). The van der Waals surface area contributed by atoms with Crippen LogP contribution in [0.3, 0.4) is 0 Å². The van der Waals surface area contributed by atoms with Crippen molar-refractivity contribution in [2.24, 2.45) is 0 Å². The summed E-state index contributed by atoms with van der Waals surface area (Å²) in [7, 11) is -4.20. The summed E-state index contributed by atoms with van der Waals surface area (Å²) < 4.78 is 54.3. The lowest BCUT2D eigenvalue weighted by Crippen LogP contribution is -2.57. The number of rotatable bonds is 7. The molecule has 0 bridgehead atoms. The van der Waals surface area contributed by atoms with E-state index >= 15 is 0 Å². The summed E-state index contributed by atoms with van der Waals surface area (Å²) in [5.74, 6) is -0.314. The van der Waals surface area contributed by atoms with E-state index in [1.54, 1.807) is 0 Å². The predicted octanol–water partition coefficient (Wildman–Crippen LogP) is 2.96. The molecule has 1 fully saturated rings. The molecular formula is C29H33FN4O5S. The summed E-state index contributed by atoms with van der Waals surface area (Å²) in [6, 6.07) is 11.8. The lowest BCUT2D eigenvalue weighted by atomic mass is 9.90. The molecule has 0 saturated carbocycles. The van der Waals surface area contributed by atoms with Crippen LogP contribution >= 0.6 is 0 Å². The number of nitrogens with zero attached hydrogens (tertiary/aromatic N) is 3. The van der Waals surface area contributed by atoms with Crippen LogP contribution in [0.2, 0.25) is 0 Å². The van der Waals surface area contributed by atoms with E-state index in [-0.39, 0.29) is 17.5 Å². The lowest BCUT2D eigenvalue weighted by molar-refractivity contribution is -0.118. The van der Waals surface area contributed by atoms with Crippen molar-refractivity contribution in [1.82, 2.24) is 19.4 Å². The van der Waals surface area contributed by atoms with Gasteiger partial charge in [0.1, 0.15) is 12.8 Å². The molecule has 40 heavy (non-hydrogen) atoms. The van der Waals surface area contributed by atoms with E-state index in [2.05, 4.69) is 34.1 Å². The van der Waals surface area contributed by atoms with E-state index in [1.165, 1.54) is 21.9 Å². The highest BCUT2D eigenvalue weighted by molar-refractivity contribution is 7.90. The Balaban J connectivity index is 1.16. The Morgan fingerprint density at radius 1 is 1.12 bits per heavy atom. The molecule has 4 heterocycles. The number of carbonyl (C=O) groups is 1. The van der Waals surface area contributed by atoms with Gasteiger partial charge in [-0.2, -0.15) is 13.5 Å². The third-order valence-corrected chi connectivity index (χ3v) is 9.28. The maximum absolute atomic E-state index is 13.3. The van der Waals surface area contributed by atoms with Gasteiger partial charge in [0.15, 0.2) is 0 Å². The van der Waals surface area contributed by atoms with E-state index < -0.39 is 22.1 Å². The Kier molecular flexibility index (Phi) is 7.14. The summed E-state index contributed by atoms with van der Waals surface area (Å²) in [5.41, 5.74) is 7.39. The minimum Gasteiger partial charge on any atom is -0.476 e. The van der Waals surface area contributed by atoms with E-state index in [1.807, 2.05) is 24.8 Å². The topological polar surface area (TPSA) is 103 Å². The third kappa shape index (κ3) is 5.25. The fourth-order valence-electron chi connectivity index (χ4n) is 5.74. The van der Waals surface area contributed by atoms with E-state index in [0.29, 0.717) is 45.1 Å². The zero-order chi connectivity index (χ0) is 28.0. The number of sulfonamides is 1. The first kappa shape index (κ1) is 26.9. The highest BCUT2D eigenvalue weighted by atomic mass is 32.2. The molecule has 1 amide bonds. The van der Waals surface area contributed by atoms with Gasteiger partial charge in [0, 0.05) is 19.2 Å². The number of benzene rings is 2. The molecule has 1 aromatic heterocycles. The predicted molar refractivity (Wildman–Crippen MR) is 146 cm³/mol. The minimum atomic E-state index is -4.20. The van der Waals surface area contributed by atoms with Crippen LogP contribution in [0.5, 0.6) is 5.88 Å². The molecule has 3 aliphatic rings. The molecule has 3 aliphatic heterocycles. The van der Waals surface area contributed by atoms with Crippen LogP contribution in [0, 0.1) is 6.92 Å². The average molecular weight is 569 g/mol. The van der Waals surface area contributed by atoms with Gasteiger partial charge in [0.05, 0.1) is 32.2 Å². The van der Waals surface area contributed by atoms with Crippen LogP contribution in [-0.2, 0) is 52.0 Å². The average Bonchev–Trinajstić information content (AvgIpc) is 3.36. The smallest absolute Gasteiger partial charge is 0.283 e. The number of carbonyl (C=O) groups excluding carboxylic acids is 1. The highest BCUT2D eigenvalue weighted by Crippen LogP contribution is 2.30. The van der Waals surface area contributed by atoms with Crippen molar-refractivity contribution < 1.29 is 27.1 Å². The summed E-state index contributed by atoms with van der Waals surface area (Å²) in [6.07, 6.45) is 0.708. The molecular weight excluding hydrogens is 535 g/mol. The number of fused-ring (bicyclic) bond motifs is 2. The monoisotopic (exact) mass is 568 g/mol. The van der Waals surface area contributed by atoms with Crippen molar-refractivity contribution in [3.05, 3.63) is 64.2 Å². The van der Waals surface area contributed by atoms with Gasteiger partial charge in [0.2, 0.25) is 16.8 Å². The molecule has 0 aliphatic carbocycles. The van der Waals surface area contributed by atoms with Crippen LogP contribution in [0.1, 0.15) is 34.7 Å². The molecule has 1 N–H and O–H groups in total.